The maximum Gasteiger partial charge on any atom is 0.0883 e. The van der Waals surface area contributed by atoms with E-state index in [4.69, 9.17) is 0 Å². The summed E-state index contributed by atoms with van der Waals surface area (Å²) in [7, 11) is 0. The molecule has 0 aliphatic heterocycles. The van der Waals surface area contributed by atoms with Gasteiger partial charge in [-0.05, 0) is 44.1 Å². The van der Waals surface area contributed by atoms with Crippen LogP contribution in [0, 0.1) is 5.92 Å². The molecule has 0 aromatic rings. The fraction of sp³-hybridized carbons (Fsp3) is 0.571. The fourth-order valence-corrected chi connectivity index (χ4v) is 2.35. The molecule has 0 aromatic carbocycles. The molecule has 0 amide bonds. The standard InChI is InChI=1S/C14H20O2/c15-13-7-3-11(4-8-13)1-2-12-5-9-14(16)10-6-12/h3-4,7,9,12-13,15-16H,1-2,5-6,8,10H2/t12?,13-/m1/s1. The van der Waals surface area contributed by atoms with Gasteiger partial charge in [0.05, 0.1) is 11.9 Å². The topological polar surface area (TPSA) is 40.5 Å². The van der Waals surface area contributed by atoms with Crippen molar-refractivity contribution in [2.75, 3.05) is 0 Å². The Kier molecular flexibility index (Phi) is 3.83. The SMILES string of the molecule is OC1=CCC(CCC2=CC[C@H](O)C=C2)CC1. The molecule has 0 saturated carbocycles. The second kappa shape index (κ2) is 5.35. The van der Waals surface area contributed by atoms with E-state index < -0.39 is 0 Å². The Morgan fingerprint density at radius 2 is 2.12 bits per heavy atom. The number of allylic oxidation sites excluding steroid dienone is 4. The lowest BCUT2D eigenvalue weighted by Crippen LogP contribution is -2.07. The van der Waals surface area contributed by atoms with E-state index in [2.05, 4.69) is 6.08 Å². The summed E-state index contributed by atoms with van der Waals surface area (Å²) in [6, 6.07) is 0. The van der Waals surface area contributed by atoms with Crippen molar-refractivity contribution in [3.05, 3.63) is 35.6 Å². The lowest BCUT2D eigenvalue weighted by atomic mass is 9.87. The first-order valence-corrected chi connectivity index (χ1v) is 6.17. The van der Waals surface area contributed by atoms with Crippen molar-refractivity contribution >= 4 is 0 Å². The predicted octanol–water partition coefficient (Wildman–Crippen LogP) is 3.26. The molecule has 0 bridgehead atoms. The van der Waals surface area contributed by atoms with Crippen molar-refractivity contribution in [2.45, 2.75) is 44.6 Å². The molecule has 1 unspecified atom stereocenters. The molecule has 88 valence electrons. The van der Waals surface area contributed by atoms with Gasteiger partial charge in [-0.25, -0.2) is 0 Å². The van der Waals surface area contributed by atoms with Crippen LogP contribution < -0.4 is 0 Å². The summed E-state index contributed by atoms with van der Waals surface area (Å²) in [5.41, 5.74) is 1.35. The Labute approximate surface area is 97.0 Å². The van der Waals surface area contributed by atoms with Crippen molar-refractivity contribution in [1.29, 1.82) is 0 Å². The van der Waals surface area contributed by atoms with Crippen molar-refractivity contribution in [1.82, 2.24) is 0 Å². The van der Waals surface area contributed by atoms with Gasteiger partial charge in [0.1, 0.15) is 0 Å². The molecule has 2 aliphatic rings. The van der Waals surface area contributed by atoms with Crippen molar-refractivity contribution in [3.63, 3.8) is 0 Å². The first-order valence-electron chi connectivity index (χ1n) is 6.17. The van der Waals surface area contributed by atoms with E-state index in [-0.39, 0.29) is 6.10 Å². The molecule has 2 N–H and O–H groups in total. The molecule has 0 spiro atoms. The van der Waals surface area contributed by atoms with Gasteiger partial charge in [0.25, 0.3) is 0 Å². The number of rotatable bonds is 3. The lowest BCUT2D eigenvalue weighted by molar-refractivity contribution is 0.225. The molecule has 16 heavy (non-hydrogen) atoms. The van der Waals surface area contributed by atoms with Crippen LogP contribution in [0.15, 0.2) is 35.6 Å². The highest BCUT2D eigenvalue weighted by atomic mass is 16.3. The van der Waals surface area contributed by atoms with E-state index in [1.165, 1.54) is 12.0 Å². The minimum Gasteiger partial charge on any atom is -0.513 e. The van der Waals surface area contributed by atoms with Crippen molar-refractivity contribution in [2.24, 2.45) is 5.92 Å². The summed E-state index contributed by atoms with van der Waals surface area (Å²) in [5, 5.41) is 18.6. The Balaban J connectivity index is 1.74. The van der Waals surface area contributed by atoms with Gasteiger partial charge in [-0.2, -0.15) is 0 Å². The van der Waals surface area contributed by atoms with Crippen LogP contribution in [0.25, 0.3) is 0 Å². The van der Waals surface area contributed by atoms with Gasteiger partial charge in [0.15, 0.2) is 0 Å². The minimum absolute atomic E-state index is 0.279. The minimum atomic E-state index is -0.279. The third-order valence-electron chi connectivity index (χ3n) is 3.49. The van der Waals surface area contributed by atoms with Gasteiger partial charge in [0.2, 0.25) is 0 Å². The van der Waals surface area contributed by atoms with E-state index in [0.717, 1.165) is 38.0 Å². The summed E-state index contributed by atoms with van der Waals surface area (Å²) in [5.74, 6) is 1.29. The van der Waals surface area contributed by atoms with Crippen LogP contribution in [0.5, 0.6) is 0 Å². The van der Waals surface area contributed by atoms with Crippen LogP contribution >= 0.6 is 0 Å². The predicted molar refractivity (Wildman–Crippen MR) is 65.1 cm³/mol. The third-order valence-corrected chi connectivity index (χ3v) is 3.49. The number of hydrogen-bond donors (Lipinski definition) is 2. The van der Waals surface area contributed by atoms with Gasteiger partial charge in [-0.1, -0.05) is 23.8 Å². The second-order valence-electron chi connectivity index (χ2n) is 4.82. The Bertz CT molecular complexity index is 326. The van der Waals surface area contributed by atoms with Gasteiger partial charge in [-0.3, -0.25) is 0 Å². The largest absolute Gasteiger partial charge is 0.513 e. The van der Waals surface area contributed by atoms with Crippen molar-refractivity contribution in [3.8, 4) is 0 Å². The van der Waals surface area contributed by atoms with Crippen LogP contribution in [-0.2, 0) is 0 Å². The zero-order chi connectivity index (χ0) is 11.4. The van der Waals surface area contributed by atoms with Crippen molar-refractivity contribution < 1.29 is 10.2 Å². The molecule has 2 rings (SSSR count). The molecule has 2 aliphatic carbocycles. The number of hydrogen-bond acceptors (Lipinski definition) is 2. The van der Waals surface area contributed by atoms with E-state index in [1.54, 1.807) is 0 Å². The van der Waals surface area contributed by atoms with Gasteiger partial charge >= 0.3 is 0 Å². The highest BCUT2D eigenvalue weighted by Gasteiger charge is 2.14. The zero-order valence-corrected chi connectivity index (χ0v) is 9.60. The van der Waals surface area contributed by atoms with E-state index >= 15 is 0 Å². The Morgan fingerprint density at radius 3 is 2.75 bits per heavy atom. The third kappa shape index (κ3) is 3.24. The summed E-state index contributed by atoms with van der Waals surface area (Å²) in [6.45, 7) is 0. The van der Waals surface area contributed by atoms with E-state index in [0.29, 0.717) is 5.76 Å². The van der Waals surface area contributed by atoms with E-state index in [1.807, 2.05) is 18.2 Å². The number of aliphatic hydroxyl groups excluding tert-OH is 2. The quantitative estimate of drug-likeness (QED) is 0.766. The highest BCUT2D eigenvalue weighted by Crippen LogP contribution is 2.28. The molecule has 2 nitrogen and oxygen atoms in total. The monoisotopic (exact) mass is 220 g/mol. The molecule has 0 radical (unpaired) electrons. The van der Waals surface area contributed by atoms with Crippen LogP contribution in [0.3, 0.4) is 0 Å². The molecule has 0 fully saturated rings. The highest BCUT2D eigenvalue weighted by molar-refractivity contribution is 5.24. The maximum atomic E-state index is 9.31. The van der Waals surface area contributed by atoms with Crippen LogP contribution in [-0.4, -0.2) is 16.3 Å². The summed E-state index contributed by atoms with van der Waals surface area (Å²) in [4.78, 5) is 0. The van der Waals surface area contributed by atoms with Gasteiger partial charge in [0, 0.05) is 6.42 Å². The lowest BCUT2D eigenvalue weighted by Gasteiger charge is -2.20. The van der Waals surface area contributed by atoms with Crippen LogP contribution in [0.4, 0.5) is 0 Å². The fourth-order valence-electron chi connectivity index (χ4n) is 2.35. The summed E-state index contributed by atoms with van der Waals surface area (Å²) >= 11 is 0. The average Bonchev–Trinajstić information content (AvgIpc) is 2.30. The van der Waals surface area contributed by atoms with Gasteiger partial charge < -0.3 is 10.2 Å². The van der Waals surface area contributed by atoms with E-state index in [9.17, 15) is 10.2 Å². The summed E-state index contributed by atoms with van der Waals surface area (Å²) < 4.78 is 0. The molecule has 0 aromatic heterocycles. The molecule has 2 atom stereocenters. The Hall–Kier alpha value is -1.02. The number of aliphatic hydroxyl groups is 2. The van der Waals surface area contributed by atoms with Crippen LogP contribution in [0.2, 0.25) is 0 Å². The first kappa shape index (κ1) is 11.5. The molecular weight excluding hydrogens is 200 g/mol. The van der Waals surface area contributed by atoms with Crippen LogP contribution in [0.1, 0.15) is 38.5 Å². The first-order chi connectivity index (χ1) is 7.74. The molecule has 2 heteroatoms. The molecular formula is C14H20O2. The zero-order valence-electron chi connectivity index (χ0n) is 9.60. The maximum absolute atomic E-state index is 9.31. The molecule has 0 heterocycles. The normalized spacial score (nSPS) is 29.8. The van der Waals surface area contributed by atoms with Gasteiger partial charge in [-0.15, -0.1) is 0 Å². The Morgan fingerprint density at radius 1 is 1.25 bits per heavy atom. The smallest absolute Gasteiger partial charge is 0.0883 e. The summed E-state index contributed by atoms with van der Waals surface area (Å²) in [6.07, 6.45) is 13.8. The molecule has 0 saturated heterocycles. The second-order valence-corrected chi connectivity index (χ2v) is 4.82. The average molecular weight is 220 g/mol.